The van der Waals surface area contributed by atoms with E-state index in [1.165, 1.54) is 23.6 Å². The summed E-state index contributed by atoms with van der Waals surface area (Å²) in [6, 6.07) is 5.95. The number of halogens is 2. The third-order valence-electron chi connectivity index (χ3n) is 5.87. The molecule has 2 aromatic rings. The molecule has 1 aromatic heterocycles. The standard InChI is InChI=1S/C20H19F2N3O2/c1-10-19(18(27)9-24-14-6-16(24)17(26)7-14)20(22)11(2)25(10)13-4-3-12(8-23)15(21)5-13/h3-5,14,16-17,26H,6-7,9H2,1-2H3/t14?,16?,17-/m0/s1. The number of aromatic nitrogens is 1. The monoisotopic (exact) mass is 371 g/mol. The summed E-state index contributed by atoms with van der Waals surface area (Å²) in [6.45, 7) is 3.22. The molecule has 1 aliphatic carbocycles. The highest BCUT2D eigenvalue weighted by atomic mass is 19.1. The van der Waals surface area contributed by atoms with Crippen molar-refractivity contribution in [3.63, 3.8) is 0 Å². The Morgan fingerprint density at radius 3 is 2.59 bits per heavy atom. The summed E-state index contributed by atoms with van der Waals surface area (Å²) < 4.78 is 30.4. The Balaban J connectivity index is 1.67. The van der Waals surface area contributed by atoms with Crippen LogP contribution in [0.25, 0.3) is 5.69 Å². The van der Waals surface area contributed by atoms with E-state index >= 15 is 0 Å². The number of ketones is 1. The average Bonchev–Trinajstić information content (AvgIpc) is 3.22. The van der Waals surface area contributed by atoms with Gasteiger partial charge in [-0.1, -0.05) is 0 Å². The van der Waals surface area contributed by atoms with Gasteiger partial charge in [-0.3, -0.25) is 9.69 Å². The Morgan fingerprint density at radius 1 is 1.30 bits per heavy atom. The molecule has 3 atom stereocenters. The van der Waals surface area contributed by atoms with Crippen LogP contribution in [-0.2, 0) is 0 Å². The maximum atomic E-state index is 14.9. The van der Waals surface area contributed by atoms with Crippen LogP contribution in [0, 0.1) is 36.8 Å². The highest BCUT2D eigenvalue weighted by Crippen LogP contribution is 2.40. The van der Waals surface area contributed by atoms with Crippen molar-refractivity contribution in [2.45, 2.75) is 44.9 Å². The van der Waals surface area contributed by atoms with E-state index < -0.39 is 17.7 Å². The van der Waals surface area contributed by atoms with Gasteiger partial charge in [0.05, 0.1) is 29.5 Å². The van der Waals surface area contributed by atoms with E-state index in [0.29, 0.717) is 17.8 Å². The Morgan fingerprint density at radius 2 is 2.04 bits per heavy atom. The molecule has 2 saturated heterocycles. The van der Waals surface area contributed by atoms with Crippen molar-refractivity contribution < 1.29 is 18.7 Å². The Kier molecular flexibility index (Phi) is 4.13. The van der Waals surface area contributed by atoms with Crippen molar-refractivity contribution in [2.75, 3.05) is 6.54 Å². The first-order chi connectivity index (χ1) is 12.8. The number of carbonyl (C=O) groups is 1. The smallest absolute Gasteiger partial charge is 0.181 e. The Hall–Kier alpha value is -2.56. The second kappa shape index (κ2) is 6.25. The van der Waals surface area contributed by atoms with Crippen molar-refractivity contribution in [3.05, 3.63) is 52.3 Å². The first-order valence-electron chi connectivity index (χ1n) is 8.88. The molecule has 5 nitrogen and oxygen atoms in total. The lowest BCUT2D eigenvalue weighted by Crippen LogP contribution is -2.52. The van der Waals surface area contributed by atoms with Crippen LogP contribution in [0.1, 0.15) is 40.2 Å². The molecule has 2 aliphatic heterocycles. The number of nitriles is 1. The number of benzene rings is 1. The van der Waals surface area contributed by atoms with Gasteiger partial charge in [0, 0.05) is 23.5 Å². The lowest BCUT2D eigenvalue weighted by atomic mass is 10.0. The summed E-state index contributed by atoms with van der Waals surface area (Å²) in [7, 11) is 0. The third-order valence-corrected chi connectivity index (χ3v) is 5.87. The van der Waals surface area contributed by atoms with Gasteiger partial charge < -0.3 is 9.67 Å². The summed E-state index contributed by atoms with van der Waals surface area (Å²) in [4.78, 5) is 14.7. The summed E-state index contributed by atoms with van der Waals surface area (Å²) in [5, 5.41) is 18.7. The minimum atomic E-state index is -0.693. The lowest BCUT2D eigenvalue weighted by Gasteiger charge is -2.40. The maximum Gasteiger partial charge on any atom is 0.181 e. The van der Waals surface area contributed by atoms with E-state index in [1.54, 1.807) is 13.0 Å². The van der Waals surface area contributed by atoms with E-state index in [0.717, 1.165) is 12.5 Å². The van der Waals surface area contributed by atoms with Crippen molar-refractivity contribution >= 4 is 5.78 Å². The van der Waals surface area contributed by atoms with E-state index in [-0.39, 0.29) is 41.2 Å². The highest BCUT2D eigenvalue weighted by Gasteiger charge is 2.51. The van der Waals surface area contributed by atoms with Gasteiger partial charge in [0.2, 0.25) is 0 Å². The normalized spacial score (nSPS) is 23.9. The number of rotatable bonds is 4. The van der Waals surface area contributed by atoms with Crippen molar-refractivity contribution in [1.29, 1.82) is 5.26 Å². The number of aliphatic hydroxyl groups is 1. The van der Waals surface area contributed by atoms with Crippen LogP contribution >= 0.6 is 0 Å². The molecule has 3 heterocycles. The summed E-state index contributed by atoms with van der Waals surface area (Å²) in [6.07, 6.45) is 1.12. The molecule has 3 fully saturated rings. The van der Waals surface area contributed by atoms with Crippen molar-refractivity contribution in [1.82, 2.24) is 9.47 Å². The highest BCUT2D eigenvalue weighted by molar-refractivity contribution is 5.99. The average molecular weight is 371 g/mol. The molecular formula is C20H19F2N3O2. The second-order valence-corrected chi connectivity index (χ2v) is 7.33. The van der Waals surface area contributed by atoms with Gasteiger partial charge in [-0.15, -0.1) is 0 Å². The summed E-state index contributed by atoms with van der Waals surface area (Å²) in [5.41, 5.74) is 0.876. The number of fused-ring (bicyclic) bond motifs is 1. The zero-order valence-corrected chi connectivity index (χ0v) is 15.0. The molecule has 3 aliphatic rings. The number of carbonyl (C=O) groups excluding carboxylic acids is 1. The first-order valence-corrected chi connectivity index (χ1v) is 8.88. The molecule has 0 radical (unpaired) electrons. The minimum Gasteiger partial charge on any atom is -0.391 e. The number of hydrogen-bond acceptors (Lipinski definition) is 4. The molecule has 1 aromatic carbocycles. The number of nitrogens with zero attached hydrogens (tertiary/aromatic N) is 3. The van der Waals surface area contributed by atoms with Crippen LogP contribution < -0.4 is 0 Å². The summed E-state index contributed by atoms with van der Waals surface area (Å²) >= 11 is 0. The van der Waals surface area contributed by atoms with Crippen LogP contribution in [0.3, 0.4) is 0 Å². The lowest BCUT2D eigenvalue weighted by molar-refractivity contribution is 0.0364. The second-order valence-electron chi connectivity index (χ2n) is 7.33. The SMILES string of the molecule is Cc1c(F)c(C(=O)CN2C3CC2[C@@H](O)C3)c(C)n1-c1ccc(C#N)c(F)c1. The van der Waals surface area contributed by atoms with Gasteiger partial charge >= 0.3 is 0 Å². The molecule has 5 rings (SSSR count). The molecule has 1 saturated carbocycles. The third kappa shape index (κ3) is 2.59. The molecule has 0 spiro atoms. The summed E-state index contributed by atoms with van der Waals surface area (Å²) in [5.74, 6) is -1.65. The van der Waals surface area contributed by atoms with Crippen LogP contribution in [0.2, 0.25) is 0 Å². The number of Topliss-reactive ketones (excluding diaryl/α,β-unsaturated/α-hetero) is 1. The van der Waals surface area contributed by atoms with Gasteiger partial charge in [-0.05, 0) is 44.9 Å². The first kappa shape index (κ1) is 17.8. The largest absolute Gasteiger partial charge is 0.391 e. The molecule has 27 heavy (non-hydrogen) atoms. The minimum absolute atomic E-state index is 0.00180. The van der Waals surface area contributed by atoms with E-state index in [9.17, 15) is 18.7 Å². The quantitative estimate of drug-likeness (QED) is 0.839. The van der Waals surface area contributed by atoms with Crippen molar-refractivity contribution in [3.8, 4) is 11.8 Å². The molecule has 2 unspecified atom stereocenters. The maximum absolute atomic E-state index is 14.9. The fourth-order valence-corrected chi connectivity index (χ4v) is 4.47. The predicted octanol–water partition coefficient (Wildman–Crippen LogP) is 2.63. The molecule has 7 heteroatoms. The fourth-order valence-electron chi connectivity index (χ4n) is 4.47. The number of aliphatic hydroxyl groups excluding tert-OH is 1. The topological polar surface area (TPSA) is 69.3 Å². The van der Waals surface area contributed by atoms with Gasteiger partial charge in [-0.25, -0.2) is 8.78 Å². The van der Waals surface area contributed by atoms with E-state index in [4.69, 9.17) is 5.26 Å². The van der Waals surface area contributed by atoms with Gasteiger partial charge in [0.1, 0.15) is 11.9 Å². The van der Waals surface area contributed by atoms with E-state index in [2.05, 4.69) is 0 Å². The van der Waals surface area contributed by atoms with Crippen LogP contribution in [-0.4, -0.2) is 45.1 Å². The van der Waals surface area contributed by atoms with Crippen LogP contribution in [0.5, 0.6) is 0 Å². The number of hydrogen-bond donors (Lipinski definition) is 1. The zero-order valence-electron chi connectivity index (χ0n) is 15.0. The molecular weight excluding hydrogens is 352 g/mol. The van der Waals surface area contributed by atoms with Crippen LogP contribution in [0.15, 0.2) is 18.2 Å². The van der Waals surface area contributed by atoms with Gasteiger partial charge in [-0.2, -0.15) is 5.26 Å². The van der Waals surface area contributed by atoms with Crippen molar-refractivity contribution in [2.24, 2.45) is 0 Å². The molecule has 140 valence electrons. The fraction of sp³-hybridized carbons (Fsp3) is 0.400. The zero-order chi connectivity index (χ0) is 19.5. The van der Waals surface area contributed by atoms with Crippen LogP contribution in [0.4, 0.5) is 8.78 Å². The molecule has 1 N–H and O–H groups in total. The van der Waals surface area contributed by atoms with Gasteiger partial charge in [0.25, 0.3) is 0 Å². The molecule has 2 bridgehead atoms. The van der Waals surface area contributed by atoms with E-state index in [1.807, 2.05) is 4.90 Å². The molecule has 0 amide bonds. The Bertz CT molecular complexity index is 992. The Labute approximate surface area is 155 Å². The predicted molar refractivity (Wildman–Crippen MR) is 93.7 cm³/mol. The van der Waals surface area contributed by atoms with Gasteiger partial charge in [0.15, 0.2) is 11.6 Å².